The van der Waals surface area contributed by atoms with E-state index in [4.69, 9.17) is 0 Å². The largest absolute Gasteiger partial charge is 0.477 e. The maximum Gasteiger partial charge on any atom is 0.348 e. The molecule has 4 nitrogen and oxygen atoms in total. The number of thiophene rings is 1. The van der Waals surface area contributed by atoms with Crippen molar-refractivity contribution < 1.29 is 14.7 Å². The van der Waals surface area contributed by atoms with Crippen molar-refractivity contribution in [2.75, 3.05) is 4.90 Å². The number of nitrogens with zero attached hydrogens (tertiary/aromatic N) is 1. The summed E-state index contributed by atoms with van der Waals surface area (Å²) >= 11 is 3.11. The van der Waals surface area contributed by atoms with Gasteiger partial charge in [-0.1, -0.05) is 37.0 Å². The van der Waals surface area contributed by atoms with Crippen molar-refractivity contribution >= 4 is 40.7 Å². The minimum absolute atomic E-state index is 0.0237. The molecule has 0 bridgehead atoms. The Labute approximate surface area is 230 Å². The number of thioether (sulfide) groups is 1. The summed E-state index contributed by atoms with van der Waals surface area (Å²) in [4.78, 5) is 30.5. The molecule has 2 aliphatic carbocycles. The fraction of sp³-hybridized carbons (Fsp3) is 0.548. The predicted octanol–water partition coefficient (Wildman–Crippen LogP) is 8.11. The molecule has 2 fully saturated rings. The van der Waals surface area contributed by atoms with Gasteiger partial charge >= 0.3 is 5.97 Å². The van der Waals surface area contributed by atoms with Gasteiger partial charge in [-0.05, 0) is 96.3 Å². The van der Waals surface area contributed by atoms with Crippen LogP contribution >= 0.6 is 23.1 Å². The molecule has 198 valence electrons. The highest BCUT2D eigenvalue weighted by Gasteiger charge is 2.37. The number of carbonyl (C=O) groups is 2. The van der Waals surface area contributed by atoms with Gasteiger partial charge < -0.3 is 10.0 Å². The smallest absolute Gasteiger partial charge is 0.348 e. The molecular weight excluding hydrogens is 498 g/mol. The van der Waals surface area contributed by atoms with Crippen LogP contribution in [0, 0.1) is 29.1 Å². The number of carboxylic acids is 1. The topological polar surface area (TPSA) is 57.6 Å². The zero-order chi connectivity index (χ0) is 26.6. The predicted molar refractivity (Wildman–Crippen MR) is 155 cm³/mol. The van der Waals surface area contributed by atoms with Crippen molar-refractivity contribution in [2.24, 2.45) is 17.3 Å². The maximum atomic E-state index is 14.1. The van der Waals surface area contributed by atoms with Gasteiger partial charge in [-0.25, -0.2) is 4.79 Å². The Hall–Kier alpha value is -2.23. The lowest BCUT2D eigenvalue weighted by molar-refractivity contribution is -0.124. The zero-order valence-corrected chi connectivity index (χ0v) is 24.1. The molecule has 0 saturated heterocycles. The van der Waals surface area contributed by atoms with Gasteiger partial charge in [0.1, 0.15) is 4.88 Å². The second kappa shape index (κ2) is 12.1. The molecule has 1 aromatic heterocycles. The van der Waals surface area contributed by atoms with Crippen molar-refractivity contribution in [1.82, 2.24) is 0 Å². The molecule has 1 heterocycles. The number of carboxylic acid groups (broad SMARTS) is 1. The fourth-order valence-electron chi connectivity index (χ4n) is 5.34. The Kier molecular flexibility index (Phi) is 9.08. The fourth-order valence-corrected chi connectivity index (χ4v) is 7.38. The van der Waals surface area contributed by atoms with Crippen LogP contribution < -0.4 is 4.90 Å². The highest BCUT2D eigenvalue weighted by atomic mass is 32.2. The maximum absolute atomic E-state index is 14.1. The summed E-state index contributed by atoms with van der Waals surface area (Å²) in [5, 5.41) is 10.6. The summed E-state index contributed by atoms with van der Waals surface area (Å²) in [5.41, 5.74) is 0.370. The number of carbonyl (C=O) groups excluding carboxylic acids is 1. The first kappa shape index (κ1) is 27.8. The van der Waals surface area contributed by atoms with E-state index in [1.165, 1.54) is 16.2 Å². The lowest BCUT2D eigenvalue weighted by atomic mass is 9.81. The molecule has 0 spiro atoms. The third-order valence-corrected chi connectivity index (χ3v) is 9.76. The minimum Gasteiger partial charge on any atom is -0.477 e. The Morgan fingerprint density at radius 1 is 1.00 bits per heavy atom. The summed E-state index contributed by atoms with van der Waals surface area (Å²) in [7, 11) is 0. The van der Waals surface area contributed by atoms with Crippen molar-refractivity contribution in [2.45, 2.75) is 95.2 Å². The Morgan fingerprint density at radius 2 is 1.65 bits per heavy atom. The van der Waals surface area contributed by atoms with E-state index in [9.17, 15) is 14.7 Å². The summed E-state index contributed by atoms with van der Waals surface area (Å²) in [6, 6.07) is 12.4. The number of anilines is 1. The quantitative estimate of drug-likeness (QED) is 0.378. The van der Waals surface area contributed by atoms with Crippen LogP contribution in [-0.2, 0) is 4.79 Å². The van der Waals surface area contributed by atoms with Gasteiger partial charge in [0, 0.05) is 27.5 Å². The van der Waals surface area contributed by atoms with Crippen LogP contribution in [0.15, 0.2) is 41.3 Å². The molecule has 2 aliphatic rings. The first-order valence-corrected chi connectivity index (χ1v) is 15.3. The first-order valence-electron chi connectivity index (χ1n) is 13.6. The lowest BCUT2D eigenvalue weighted by Gasteiger charge is -2.39. The second-order valence-corrected chi connectivity index (χ2v) is 14.1. The number of aromatic carboxylic acids is 1. The van der Waals surface area contributed by atoms with Gasteiger partial charge in [-0.2, -0.15) is 0 Å². The zero-order valence-electron chi connectivity index (χ0n) is 22.5. The van der Waals surface area contributed by atoms with Crippen molar-refractivity contribution in [3.8, 4) is 11.8 Å². The molecule has 1 aromatic carbocycles. The highest BCUT2D eigenvalue weighted by molar-refractivity contribution is 8.00. The molecule has 37 heavy (non-hydrogen) atoms. The third-order valence-electron chi connectivity index (χ3n) is 7.38. The van der Waals surface area contributed by atoms with Gasteiger partial charge in [0.2, 0.25) is 5.91 Å². The van der Waals surface area contributed by atoms with Crippen LogP contribution in [-0.4, -0.2) is 28.3 Å². The van der Waals surface area contributed by atoms with E-state index < -0.39 is 5.97 Å². The SMILES string of the molecule is CC1CCC(C(=O)N(c2cc(C#CC(C)(C)C)sc2C(=O)O)C2CCC(Sc3ccccc3)CC2)CC1. The Bertz CT molecular complexity index is 1140. The van der Waals surface area contributed by atoms with Gasteiger partial charge in [0.15, 0.2) is 0 Å². The van der Waals surface area contributed by atoms with E-state index in [1.807, 2.05) is 49.6 Å². The first-order chi connectivity index (χ1) is 17.6. The van der Waals surface area contributed by atoms with Gasteiger partial charge in [-0.3, -0.25) is 4.79 Å². The lowest BCUT2D eigenvalue weighted by Crippen LogP contribution is -2.46. The number of hydrogen-bond acceptors (Lipinski definition) is 4. The Morgan fingerprint density at radius 3 is 2.24 bits per heavy atom. The molecule has 0 radical (unpaired) electrons. The molecule has 1 amide bonds. The van der Waals surface area contributed by atoms with E-state index in [-0.39, 0.29) is 28.2 Å². The van der Waals surface area contributed by atoms with Crippen molar-refractivity contribution in [3.63, 3.8) is 0 Å². The molecule has 0 unspecified atom stereocenters. The number of hydrogen-bond donors (Lipinski definition) is 1. The monoisotopic (exact) mass is 537 g/mol. The minimum atomic E-state index is -0.979. The number of rotatable bonds is 6. The molecule has 1 N–H and O–H groups in total. The van der Waals surface area contributed by atoms with E-state index in [0.29, 0.717) is 21.7 Å². The molecule has 2 saturated carbocycles. The van der Waals surface area contributed by atoms with Crippen LogP contribution in [0.2, 0.25) is 0 Å². The van der Waals surface area contributed by atoms with Gasteiger partial charge in [0.25, 0.3) is 0 Å². The van der Waals surface area contributed by atoms with Crippen molar-refractivity contribution in [1.29, 1.82) is 0 Å². The second-order valence-electron chi connectivity index (χ2n) is 11.7. The molecule has 0 atom stereocenters. The summed E-state index contributed by atoms with van der Waals surface area (Å²) in [5.74, 6) is 6.16. The molecule has 6 heteroatoms. The standard InChI is InChI=1S/C31H39NO3S2/c1-21-10-12-22(13-11-21)29(33)32(23-14-16-25(17-15-23)36-24-8-6-5-7-9-24)27-20-26(18-19-31(2,3)4)37-28(27)30(34)35/h5-9,20-23,25H,10-17H2,1-4H3,(H,34,35). The van der Waals surface area contributed by atoms with Crippen LogP contribution in [0.25, 0.3) is 0 Å². The number of amides is 1. The summed E-state index contributed by atoms with van der Waals surface area (Å²) < 4.78 is 0. The molecular formula is C31H39NO3S2. The summed E-state index contributed by atoms with van der Waals surface area (Å²) in [6.45, 7) is 8.38. The van der Waals surface area contributed by atoms with Crippen LogP contribution in [0.3, 0.4) is 0 Å². The van der Waals surface area contributed by atoms with Gasteiger partial charge in [-0.15, -0.1) is 23.1 Å². The van der Waals surface area contributed by atoms with E-state index in [2.05, 4.69) is 43.0 Å². The van der Waals surface area contributed by atoms with Crippen molar-refractivity contribution in [3.05, 3.63) is 46.2 Å². The van der Waals surface area contributed by atoms with Crippen LogP contribution in [0.5, 0.6) is 0 Å². The molecule has 0 aliphatic heterocycles. The Balaban J connectivity index is 1.61. The van der Waals surface area contributed by atoms with Gasteiger partial charge in [0.05, 0.1) is 10.6 Å². The average molecular weight is 538 g/mol. The van der Waals surface area contributed by atoms with E-state index in [1.54, 1.807) is 0 Å². The third kappa shape index (κ3) is 7.42. The van der Waals surface area contributed by atoms with Crippen LogP contribution in [0.1, 0.15) is 93.6 Å². The van der Waals surface area contributed by atoms with Crippen LogP contribution in [0.4, 0.5) is 5.69 Å². The average Bonchev–Trinajstić information content (AvgIpc) is 3.29. The normalized spacial score (nSPS) is 24.1. The van der Waals surface area contributed by atoms with E-state index in [0.717, 1.165) is 51.4 Å². The molecule has 4 rings (SSSR count). The number of benzene rings is 1. The molecule has 2 aromatic rings. The highest BCUT2D eigenvalue weighted by Crippen LogP contribution is 2.41. The van der Waals surface area contributed by atoms with E-state index >= 15 is 0 Å². The summed E-state index contributed by atoms with van der Waals surface area (Å²) in [6.07, 6.45) is 7.69.